The largest absolute Gasteiger partial charge is 0.439 e. The summed E-state index contributed by atoms with van der Waals surface area (Å²) in [6.45, 7) is 2.12. The molecule has 4 aromatic rings. The van der Waals surface area contributed by atoms with Crippen molar-refractivity contribution in [3.63, 3.8) is 0 Å². The van der Waals surface area contributed by atoms with Crippen LogP contribution in [0.25, 0.3) is 0 Å². The number of amidine groups is 1. The Morgan fingerprint density at radius 3 is 2.42 bits per heavy atom. The summed E-state index contributed by atoms with van der Waals surface area (Å²) in [7, 11) is 0. The number of nitrogens with zero attached hydrogens (tertiary/aromatic N) is 5. The van der Waals surface area contributed by atoms with Crippen molar-refractivity contribution in [2.24, 2.45) is 16.7 Å². The molecule has 36 heavy (non-hydrogen) atoms. The lowest BCUT2D eigenvalue weighted by Gasteiger charge is -2.15. The lowest BCUT2D eigenvalue weighted by molar-refractivity contribution is 0.462. The molecular weight excluding hydrogens is 484 g/mol. The van der Waals surface area contributed by atoms with Crippen LogP contribution in [-0.2, 0) is 13.1 Å². The van der Waals surface area contributed by atoms with Gasteiger partial charge >= 0.3 is 11.4 Å². The van der Waals surface area contributed by atoms with Crippen LogP contribution in [-0.4, -0.2) is 24.9 Å². The van der Waals surface area contributed by atoms with Gasteiger partial charge in [-0.2, -0.15) is 10.1 Å². The summed E-state index contributed by atoms with van der Waals surface area (Å²) in [6.07, 6.45) is 0. The van der Waals surface area contributed by atoms with Gasteiger partial charge in [0.2, 0.25) is 11.8 Å². The number of hydrogen-bond acceptors (Lipinski definition) is 8. The number of nitrogens with one attached hydrogen (secondary N) is 1. The zero-order valence-corrected chi connectivity index (χ0v) is 20.0. The molecule has 0 aliphatic carbocycles. The Bertz CT molecular complexity index is 1510. The number of benzene rings is 2. The van der Waals surface area contributed by atoms with E-state index in [2.05, 4.69) is 20.4 Å². The number of hydrogen-bond donors (Lipinski definition) is 3. The van der Waals surface area contributed by atoms with Crippen molar-refractivity contribution in [3.8, 4) is 11.6 Å². The van der Waals surface area contributed by atoms with E-state index in [4.69, 9.17) is 27.9 Å². The molecule has 0 aliphatic heterocycles. The minimum absolute atomic E-state index is 0.0853. The number of aromatic nitrogens is 4. The molecule has 11 nitrogen and oxygen atoms in total. The fraction of sp³-hybridized carbons (Fsp3) is 0.125. The highest BCUT2D eigenvalue weighted by atomic mass is 35.5. The van der Waals surface area contributed by atoms with Crippen LogP contribution in [0.1, 0.15) is 18.2 Å². The third-order valence-corrected chi connectivity index (χ3v) is 5.43. The van der Waals surface area contributed by atoms with Gasteiger partial charge in [0.05, 0.1) is 6.54 Å². The molecule has 2 aromatic heterocycles. The maximum Gasteiger partial charge on any atom is 0.354 e. The van der Waals surface area contributed by atoms with E-state index in [1.807, 2.05) is 12.1 Å². The highest BCUT2D eigenvalue weighted by Crippen LogP contribution is 2.23. The second kappa shape index (κ2) is 10.7. The molecule has 0 unspecified atom stereocenters. The van der Waals surface area contributed by atoms with E-state index in [9.17, 15) is 9.59 Å². The summed E-state index contributed by atoms with van der Waals surface area (Å²) in [5, 5.41) is 7.07. The van der Waals surface area contributed by atoms with Crippen molar-refractivity contribution >= 4 is 29.1 Å². The van der Waals surface area contributed by atoms with Gasteiger partial charge in [-0.3, -0.25) is 4.57 Å². The number of rotatable bonds is 8. The first-order valence-electron chi connectivity index (χ1n) is 10.9. The Morgan fingerprint density at radius 2 is 1.75 bits per heavy atom. The Morgan fingerprint density at radius 1 is 1.03 bits per heavy atom. The van der Waals surface area contributed by atoms with Gasteiger partial charge in [0, 0.05) is 23.3 Å². The molecule has 0 fully saturated rings. The van der Waals surface area contributed by atoms with Gasteiger partial charge in [-0.1, -0.05) is 29.8 Å². The van der Waals surface area contributed by atoms with Crippen LogP contribution in [0.4, 0.5) is 11.6 Å². The molecule has 0 atom stereocenters. The average Bonchev–Trinajstić information content (AvgIpc) is 2.88. The van der Waals surface area contributed by atoms with Crippen molar-refractivity contribution in [1.82, 2.24) is 19.1 Å². The number of ether oxygens (including phenoxy) is 1. The number of nitrogens with two attached hydrogens (primary N) is 2. The molecule has 0 spiro atoms. The predicted molar refractivity (Wildman–Crippen MR) is 138 cm³/mol. The molecule has 12 heteroatoms. The van der Waals surface area contributed by atoms with E-state index in [0.717, 1.165) is 10.1 Å². The van der Waals surface area contributed by atoms with Crippen molar-refractivity contribution < 1.29 is 4.74 Å². The highest BCUT2D eigenvalue weighted by Gasteiger charge is 2.13. The molecule has 5 N–H and O–H groups in total. The van der Waals surface area contributed by atoms with Gasteiger partial charge in [0.1, 0.15) is 11.4 Å². The topological polar surface area (TPSA) is 155 Å². The van der Waals surface area contributed by atoms with Gasteiger partial charge in [-0.25, -0.2) is 19.1 Å². The first-order chi connectivity index (χ1) is 17.4. The Hall–Kier alpha value is -4.64. The van der Waals surface area contributed by atoms with E-state index in [0.29, 0.717) is 28.0 Å². The van der Waals surface area contributed by atoms with Crippen LogP contribution >= 0.6 is 11.6 Å². The summed E-state index contributed by atoms with van der Waals surface area (Å²) < 4.78 is 8.25. The first kappa shape index (κ1) is 24.5. The number of anilines is 2. The van der Waals surface area contributed by atoms with Crippen molar-refractivity contribution in [1.29, 1.82) is 0 Å². The molecule has 2 aromatic carbocycles. The van der Waals surface area contributed by atoms with Crippen molar-refractivity contribution in [2.45, 2.75) is 20.0 Å². The predicted octanol–water partition coefficient (Wildman–Crippen LogP) is 2.64. The fourth-order valence-corrected chi connectivity index (χ4v) is 3.47. The standard InChI is InChI=1S/C24H23ClN8O3/c1-2-32-23(34)30-22(33(24(32)35)14-15-6-8-16(25)9-7-15)28-17-10-12-18(13-11-17)36-20-5-3-4-19(29-20)21(26)31-27/h3-13H,2,14,27H2,1H3,(H2,26,31)(H,28,30,34). The van der Waals surface area contributed by atoms with Crippen LogP contribution in [0.5, 0.6) is 11.6 Å². The highest BCUT2D eigenvalue weighted by molar-refractivity contribution is 6.30. The molecule has 184 valence electrons. The molecule has 4 rings (SSSR count). The second-order valence-corrected chi connectivity index (χ2v) is 8.02. The Kier molecular flexibility index (Phi) is 7.31. The summed E-state index contributed by atoms with van der Waals surface area (Å²) in [5.74, 6) is 6.21. The summed E-state index contributed by atoms with van der Waals surface area (Å²) in [5.41, 5.74) is 6.39. The number of halogens is 1. The summed E-state index contributed by atoms with van der Waals surface area (Å²) in [6, 6.07) is 19.0. The SMILES string of the molecule is CCn1c(=O)nc(Nc2ccc(Oc3cccc(/C(N)=N/N)n3)cc2)n(Cc2ccc(Cl)cc2)c1=O. The average molecular weight is 507 g/mol. The van der Waals surface area contributed by atoms with E-state index < -0.39 is 11.4 Å². The van der Waals surface area contributed by atoms with Crippen LogP contribution in [0.2, 0.25) is 5.02 Å². The van der Waals surface area contributed by atoms with Crippen LogP contribution in [0, 0.1) is 0 Å². The minimum Gasteiger partial charge on any atom is -0.439 e. The molecule has 0 amide bonds. The number of pyridine rings is 1. The van der Waals surface area contributed by atoms with E-state index >= 15 is 0 Å². The summed E-state index contributed by atoms with van der Waals surface area (Å²) in [4.78, 5) is 33.8. The smallest absolute Gasteiger partial charge is 0.354 e. The molecule has 2 heterocycles. The van der Waals surface area contributed by atoms with E-state index in [1.54, 1.807) is 61.5 Å². The maximum atomic E-state index is 13.0. The van der Waals surface area contributed by atoms with E-state index in [1.165, 1.54) is 4.57 Å². The third kappa shape index (κ3) is 5.53. The molecule has 0 bridgehead atoms. The third-order valence-electron chi connectivity index (χ3n) is 5.18. The van der Waals surface area contributed by atoms with Gasteiger partial charge in [0.25, 0.3) is 0 Å². The lowest BCUT2D eigenvalue weighted by Crippen LogP contribution is -2.42. The zero-order valence-electron chi connectivity index (χ0n) is 19.3. The van der Waals surface area contributed by atoms with Gasteiger partial charge in [-0.15, -0.1) is 0 Å². The monoisotopic (exact) mass is 506 g/mol. The van der Waals surface area contributed by atoms with Gasteiger partial charge < -0.3 is 21.6 Å². The second-order valence-electron chi connectivity index (χ2n) is 7.58. The zero-order chi connectivity index (χ0) is 25.7. The van der Waals surface area contributed by atoms with Crippen LogP contribution < -0.4 is 33.0 Å². The Balaban J connectivity index is 1.59. The molecule has 0 saturated carbocycles. The normalized spacial score (nSPS) is 11.3. The molecule has 0 saturated heterocycles. The Labute approximate surface area is 210 Å². The number of hydrazone groups is 1. The first-order valence-corrected chi connectivity index (χ1v) is 11.3. The molecular formula is C24H23ClN8O3. The van der Waals surface area contributed by atoms with Gasteiger partial charge in [-0.05, 0) is 55.0 Å². The lowest BCUT2D eigenvalue weighted by atomic mass is 10.2. The van der Waals surface area contributed by atoms with Crippen LogP contribution in [0.15, 0.2) is 81.4 Å². The molecule has 0 aliphatic rings. The van der Waals surface area contributed by atoms with Crippen LogP contribution in [0.3, 0.4) is 0 Å². The van der Waals surface area contributed by atoms with Crippen molar-refractivity contribution in [2.75, 3.05) is 5.32 Å². The maximum absolute atomic E-state index is 13.0. The quantitative estimate of drug-likeness (QED) is 0.142. The van der Waals surface area contributed by atoms with Crippen molar-refractivity contribution in [3.05, 3.63) is 104 Å². The van der Waals surface area contributed by atoms with Gasteiger partial charge in [0.15, 0.2) is 5.84 Å². The summed E-state index contributed by atoms with van der Waals surface area (Å²) >= 11 is 5.98. The minimum atomic E-state index is -0.636. The fourth-order valence-electron chi connectivity index (χ4n) is 3.35. The molecule has 0 radical (unpaired) electrons. The van der Waals surface area contributed by atoms with E-state index in [-0.39, 0.29) is 24.9 Å².